The van der Waals surface area contributed by atoms with Crippen LogP contribution in [0.4, 0.5) is 35.9 Å². The minimum absolute atomic E-state index is 0.000000000000000444. The van der Waals surface area contributed by atoms with Gasteiger partial charge in [0.05, 0.1) is 99.0 Å². The highest BCUT2D eigenvalue weighted by Crippen LogP contribution is 2.42. The number of aliphatic hydroxyl groups excluding tert-OH is 2. The molecule has 6 heterocycles. The number of carbonyl (C=O) groups excluding carboxylic acids is 2. The number of halogens is 9. The molecule has 0 aliphatic carbocycles. The lowest BCUT2D eigenvalue weighted by Gasteiger charge is -2.29. The molecule has 0 radical (unpaired) electrons. The van der Waals surface area contributed by atoms with E-state index in [1.165, 1.54) is 22.3 Å². The Morgan fingerprint density at radius 2 is 0.704 bits per heavy atom. The van der Waals surface area contributed by atoms with E-state index >= 15 is 0 Å². The fourth-order valence-corrected chi connectivity index (χ4v) is 14.0. The zero-order chi connectivity index (χ0) is 92.9. The van der Waals surface area contributed by atoms with E-state index < -0.39 is 63.8 Å². The third-order valence-corrected chi connectivity index (χ3v) is 20.9. The molecule has 125 heavy (non-hydrogen) atoms. The normalized spacial score (nSPS) is 21.4. The molecule has 0 bridgehead atoms. The van der Waals surface area contributed by atoms with Crippen LogP contribution in [0.15, 0.2) is 176 Å². The van der Waals surface area contributed by atoms with Crippen molar-refractivity contribution in [2.75, 3.05) is 101 Å². The molecule has 0 amide bonds. The van der Waals surface area contributed by atoms with E-state index in [9.17, 15) is 41.0 Å². The van der Waals surface area contributed by atoms with Gasteiger partial charge in [-0.2, -0.15) is 21.6 Å². The average Bonchev–Trinajstić information content (AvgIpc) is 0.837. The first kappa shape index (κ1) is 110. The maximum atomic E-state index is 13.5. The number of rotatable bonds is 18. The van der Waals surface area contributed by atoms with Gasteiger partial charge in [0, 0.05) is 33.9 Å². The first-order valence-corrected chi connectivity index (χ1v) is 44.7. The van der Waals surface area contributed by atoms with Crippen molar-refractivity contribution in [1.29, 1.82) is 0 Å². The minimum Gasteiger partial charge on any atom is -0.428 e. The number of benzene rings is 7. The van der Waals surface area contributed by atoms with Crippen molar-refractivity contribution in [3.8, 4) is 0 Å². The molecule has 7 aromatic carbocycles. The Balaban J connectivity index is 0.000000293. The highest BCUT2D eigenvalue weighted by Gasteiger charge is 2.44. The number of aliphatic hydroxyl groups is 2. The molecule has 698 valence electrons. The topological polar surface area (TPSA) is 267 Å². The average molecular weight is 1840 g/mol. The molecule has 6 N–H and O–H groups in total. The van der Waals surface area contributed by atoms with Gasteiger partial charge in [-0.15, -0.1) is 34.8 Å². The molecule has 9 unspecified atom stereocenters. The first-order chi connectivity index (χ1) is 59.4. The van der Waals surface area contributed by atoms with Gasteiger partial charge in [0.25, 0.3) is 0 Å². The van der Waals surface area contributed by atoms with E-state index in [4.69, 9.17) is 100 Å². The maximum Gasteiger partial charge on any atom is 0.522 e. The van der Waals surface area contributed by atoms with Crippen molar-refractivity contribution in [1.82, 2.24) is 16.0 Å². The van der Waals surface area contributed by atoms with E-state index in [0.717, 1.165) is 121 Å². The number of likely N-dealkylation sites (N-methyl/N-ethyl adjacent to an activating group) is 3. The summed E-state index contributed by atoms with van der Waals surface area (Å²) in [5.74, 6) is 0. The van der Waals surface area contributed by atoms with Crippen LogP contribution in [0.3, 0.4) is 0 Å². The van der Waals surface area contributed by atoms with Crippen LogP contribution < -0.4 is 16.0 Å². The molecule has 0 spiro atoms. The number of nitrogens with one attached hydrogen (secondary N) is 3. The summed E-state index contributed by atoms with van der Waals surface area (Å²) < 4.78 is 155. The number of carbonyl (C=O) groups is 2. The highest BCUT2D eigenvalue weighted by molar-refractivity contribution is 7.86. The van der Waals surface area contributed by atoms with Gasteiger partial charge in [0.1, 0.15) is 35.8 Å². The van der Waals surface area contributed by atoms with Crippen molar-refractivity contribution >= 4 is 57.2 Å². The second kappa shape index (κ2) is 57.9. The lowest BCUT2D eigenvalue weighted by atomic mass is 9.94. The van der Waals surface area contributed by atoms with Gasteiger partial charge in [0.2, 0.25) is 0 Å². The summed E-state index contributed by atoms with van der Waals surface area (Å²) in [5, 5.41) is 27.4. The Morgan fingerprint density at radius 1 is 0.440 bits per heavy atom. The molecule has 13 rings (SSSR count). The molecular formula is C94H130Cl3F6N3O18S. The molecule has 13 atom stereocenters. The molecule has 0 saturated heterocycles. The molecule has 7 aromatic rings. The molecule has 0 fully saturated rings. The monoisotopic (exact) mass is 1840 g/mol. The fourth-order valence-electron chi connectivity index (χ4n) is 13.4. The molecule has 31 heteroatoms. The van der Waals surface area contributed by atoms with Crippen LogP contribution in [0, 0.1) is 0 Å². The summed E-state index contributed by atoms with van der Waals surface area (Å²) in [6, 6.07) is 56.9. The second-order valence-corrected chi connectivity index (χ2v) is 34.3. The van der Waals surface area contributed by atoms with Gasteiger partial charge in [-0.3, -0.25) is 4.55 Å². The number of alkyl halides is 9. The van der Waals surface area contributed by atoms with E-state index in [1.54, 1.807) is 55.8 Å². The highest BCUT2D eigenvalue weighted by atomic mass is 35.5. The summed E-state index contributed by atoms with van der Waals surface area (Å²) in [4.78, 5) is 22.0. The Labute approximate surface area is 750 Å². The lowest BCUT2D eigenvalue weighted by Crippen LogP contribution is -2.29. The summed E-state index contributed by atoms with van der Waals surface area (Å²) in [6.45, 7) is 23.1. The molecule has 21 nitrogen and oxygen atoms in total. The van der Waals surface area contributed by atoms with Gasteiger partial charge in [0.15, 0.2) is 6.29 Å². The summed E-state index contributed by atoms with van der Waals surface area (Å²) in [6.07, 6.45) is 3.70. The number of methoxy groups -OCH3 is 2. The summed E-state index contributed by atoms with van der Waals surface area (Å²) in [7, 11) is 3.14. The predicted molar refractivity (Wildman–Crippen MR) is 477 cm³/mol. The van der Waals surface area contributed by atoms with E-state index in [0.29, 0.717) is 19.8 Å². The Hall–Kier alpha value is -6.88. The van der Waals surface area contributed by atoms with Gasteiger partial charge in [-0.05, 0) is 161 Å². The third-order valence-electron chi connectivity index (χ3n) is 19.2. The minimum atomic E-state index is -5.84. The first-order valence-electron chi connectivity index (χ1n) is 42.0. The van der Waals surface area contributed by atoms with Gasteiger partial charge in [-0.25, -0.2) is 22.8 Å². The summed E-state index contributed by atoms with van der Waals surface area (Å²) in [5.41, 5.74) is 6.54. The van der Waals surface area contributed by atoms with Crippen LogP contribution >= 0.6 is 34.8 Å². The molecule has 0 saturated carbocycles. The second-order valence-electron chi connectivity index (χ2n) is 31.3. The van der Waals surface area contributed by atoms with Crippen LogP contribution in [0.25, 0.3) is 0 Å². The van der Waals surface area contributed by atoms with Gasteiger partial charge in [-0.1, -0.05) is 229 Å². The van der Waals surface area contributed by atoms with Gasteiger partial charge < -0.3 is 78.3 Å². The standard InChI is InChI=1S/C12H15ClO.C12H15FO.C12H16O2.C11H14ClNO.2C11H14FNO.C10H18O5.C8H9ClO.C6H14O2.CHF3O3S/c3*1-2-5-12-10-7-4-3-6-9(10)11(13)8-14-12;3*1-13-6-11-9-5-3-2-4-8(9)10(12)7-14-11;1-9(2,3)14-7(11)13-8(12)15-10(4,5)6;9-8(6-10)7-4-2-1-3-5-7;1-4-5-6(7-2)8-3;2-1(3,4)8(5,6)7/h2*3-4,6-7,11-12H,2,5,8H2,1H3;3-4,6-7,11-13H,2,5,8H2,1H3;3*2-5,10-11,13H,6-7H2,1H3;1-6H3;1-5,8,10H,6H2;6H,4-5H2,1-3H3;(H,5,6,7)/t;;;;2*10-,11-;;;;/m....10..../s1. The van der Waals surface area contributed by atoms with Crippen LogP contribution in [0.1, 0.15) is 270 Å². The predicted octanol–water partition coefficient (Wildman–Crippen LogP) is 22.9. The van der Waals surface area contributed by atoms with Crippen LogP contribution in [-0.4, -0.2) is 160 Å². The molecule has 6 aliphatic rings. The Kier molecular flexibility index (Phi) is 51.2. The SMILES string of the molecule is CC(C)(C)OC(=O)OC(=O)OC(C)(C)C.CCCC(OC)OC.CCCC1OCC(Cl)c2ccccc21.CCCC1OCC(F)c2ccccc21.CCCC1OCC(O)c2ccccc21.CNCC1OCC(Cl)c2ccccc21.CNC[C@@H]1OC[C@H](F)c2ccccc21.CNC[C@H]1OC[C@@H](F)c2ccccc21.O=S(=O)(O)C(F)(F)F.OCC(Cl)c1ccccc1. The number of ether oxygens (including phenoxy) is 11. The lowest BCUT2D eigenvalue weighted by molar-refractivity contribution is -0.106. The van der Waals surface area contributed by atoms with Gasteiger partial charge >= 0.3 is 27.9 Å². The molecule has 0 aromatic heterocycles. The van der Waals surface area contributed by atoms with E-state index in [2.05, 4.69) is 84.8 Å². The van der Waals surface area contributed by atoms with E-state index in [1.807, 2.05) is 161 Å². The quantitative estimate of drug-likeness (QED) is 0.00887. The Morgan fingerprint density at radius 3 is 1.00 bits per heavy atom. The third kappa shape index (κ3) is 39.1. The van der Waals surface area contributed by atoms with Crippen molar-refractivity contribution in [3.63, 3.8) is 0 Å². The van der Waals surface area contributed by atoms with Crippen molar-refractivity contribution < 1.29 is 111 Å². The Bertz CT molecular complexity index is 3770. The number of hydrogen-bond acceptors (Lipinski definition) is 20. The van der Waals surface area contributed by atoms with E-state index in [-0.39, 0.29) is 85.5 Å². The van der Waals surface area contributed by atoms with Crippen molar-refractivity contribution in [3.05, 3.63) is 248 Å². The largest absolute Gasteiger partial charge is 0.522 e. The summed E-state index contributed by atoms with van der Waals surface area (Å²) >= 11 is 18.1. The van der Waals surface area contributed by atoms with Crippen LogP contribution in [0.5, 0.6) is 0 Å². The number of fused-ring (bicyclic) bond motifs is 6. The van der Waals surface area contributed by atoms with Crippen LogP contribution in [-0.2, 0) is 62.2 Å². The molecule has 6 aliphatic heterocycles. The smallest absolute Gasteiger partial charge is 0.428 e. The van der Waals surface area contributed by atoms with Crippen LogP contribution in [0.2, 0.25) is 0 Å². The zero-order valence-corrected chi connectivity index (χ0v) is 77.4. The van der Waals surface area contributed by atoms with Crippen molar-refractivity contribution in [2.45, 2.75) is 221 Å². The fraction of sp³-hybridized carbons (Fsp3) is 0.532. The number of hydrogen-bond donors (Lipinski definition) is 6. The zero-order valence-electron chi connectivity index (χ0n) is 74.3. The van der Waals surface area contributed by atoms with Crippen molar-refractivity contribution in [2.24, 2.45) is 0 Å². The maximum absolute atomic E-state index is 13.5. The molecular weight excluding hydrogens is 1710 g/mol.